The molecule has 5 nitrogen and oxygen atoms in total. The van der Waals surface area contributed by atoms with E-state index in [1.807, 2.05) is 12.1 Å². The molecule has 122 valence electrons. The second-order valence-electron chi connectivity index (χ2n) is 5.90. The average molecular weight is 335 g/mol. The molecule has 1 heterocycles. The molecule has 0 saturated heterocycles. The zero-order valence-electron chi connectivity index (χ0n) is 12.9. The number of hydrogen-bond acceptors (Lipinski definition) is 3. The number of esters is 1. The summed E-state index contributed by atoms with van der Waals surface area (Å²) in [5.74, 6) is -0.396. The van der Waals surface area contributed by atoms with Gasteiger partial charge in [0.15, 0.2) is 0 Å². The fourth-order valence-electron chi connectivity index (χ4n) is 3.13. The molecule has 2 N–H and O–H groups in total. The number of carbonyl (C=O) groups excluding carboxylic acids is 2. The van der Waals surface area contributed by atoms with Crippen molar-refractivity contribution in [3.8, 4) is 0 Å². The van der Waals surface area contributed by atoms with E-state index >= 15 is 0 Å². The second kappa shape index (κ2) is 6.62. The Balaban J connectivity index is 1.92. The van der Waals surface area contributed by atoms with Crippen LogP contribution in [0.5, 0.6) is 0 Å². The normalized spacial score (nSPS) is 21.8. The maximum atomic E-state index is 12.7. The highest BCUT2D eigenvalue weighted by Crippen LogP contribution is 2.33. The van der Waals surface area contributed by atoms with Crippen LogP contribution >= 0.6 is 11.6 Å². The van der Waals surface area contributed by atoms with E-state index in [4.69, 9.17) is 16.3 Å². The molecular formula is C17H19ClN2O3. The number of halogens is 1. The number of urea groups is 1. The molecule has 1 aliphatic carbocycles. The lowest BCUT2D eigenvalue weighted by atomic mass is 9.95. The highest BCUT2D eigenvalue weighted by atomic mass is 35.5. The highest BCUT2D eigenvalue weighted by molar-refractivity contribution is 6.31. The quantitative estimate of drug-likeness (QED) is 0.832. The Hall–Kier alpha value is -2.01. The number of ether oxygens (including phenoxy) is 1. The SMILES string of the molecule is CC1=C(C(=O)OC2CCCC2)[C@@H](c2ccccc2Cl)NC(=O)N1. The Morgan fingerprint density at radius 3 is 2.65 bits per heavy atom. The van der Waals surface area contributed by atoms with Crippen LogP contribution in [0.2, 0.25) is 5.02 Å². The van der Waals surface area contributed by atoms with E-state index in [2.05, 4.69) is 10.6 Å². The fraction of sp³-hybridized carbons (Fsp3) is 0.412. The maximum Gasteiger partial charge on any atom is 0.338 e. The summed E-state index contributed by atoms with van der Waals surface area (Å²) < 4.78 is 5.62. The van der Waals surface area contributed by atoms with E-state index in [9.17, 15) is 9.59 Å². The lowest BCUT2D eigenvalue weighted by molar-refractivity contribution is -0.144. The van der Waals surface area contributed by atoms with Crippen LogP contribution in [0, 0.1) is 0 Å². The first-order valence-electron chi connectivity index (χ1n) is 7.80. The number of nitrogens with one attached hydrogen (secondary N) is 2. The first-order chi connectivity index (χ1) is 11.1. The van der Waals surface area contributed by atoms with Gasteiger partial charge in [-0.2, -0.15) is 0 Å². The summed E-state index contributed by atoms with van der Waals surface area (Å²) in [6, 6.07) is 6.21. The molecular weight excluding hydrogens is 316 g/mol. The van der Waals surface area contributed by atoms with Gasteiger partial charge in [-0.1, -0.05) is 29.8 Å². The van der Waals surface area contributed by atoms with Crippen LogP contribution in [0.25, 0.3) is 0 Å². The number of carbonyl (C=O) groups is 2. The summed E-state index contributed by atoms with van der Waals surface area (Å²) in [4.78, 5) is 24.5. The van der Waals surface area contributed by atoms with Gasteiger partial charge >= 0.3 is 12.0 Å². The third kappa shape index (κ3) is 3.34. The Kier molecular flexibility index (Phi) is 4.57. The molecule has 0 spiro atoms. The molecule has 2 amide bonds. The molecule has 0 unspecified atom stereocenters. The smallest absolute Gasteiger partial charge is 0.338 e. The monoisotopic (exact) mass is 334 g/mol. The molecule has 1 aromatic carbocycles. The van der Waals surface area contributed by atoms with Crippen molar-refractivity contribution in [2.24, 2.45) is 0 Å². The van der Waals surface area contributed by atoms with E-state index in [0.29, 0.717) is 21.9 Å². The van der Waals surface area contributed by atoms with Gasteiger partial charge in [0.2, 0.25) is 0 Å². The number of allylic oxidation sites excluding steroid dienone is 1. The number of amides is 2. The number of hydrogen-bond donors (Lipinski definition) is 2. The summed E-state index contributed by atoms with van der Waals surface area (Å²) in [5.41, 5.74) is 1.59. The van der Waals surface area contributed by atoms with Crippen molar-refractivity contribution in [1.82, 2.24) is 10.6 Å². The van der Waals surface area contributed by atoms with Crippen molar-refractivity contribution < 1.29 is 14.3 Å². The minimum atomic E-state index is -0.605. The molecule has 1 aromatic rings. The minimum Gasteiger partial charge on any atom is -0.459 e. The Labute approximate surface area is 140 Å². The van der Waals surface area contributed by atoms with Gasteiger partial charge in [0.25, 0.3) is 0 Å². The Morgan fingerprint density at radius 1 is 1.26 bits per heavy atom. The number of benzene rings is 1. The zero-order valence-corrected chi connectivity index (χ0v) is 13.7. The van der Waals surface area contributed by atoms with Crippen molar-refractivity contribution in [3.63, 3.8) is 0 Å². The zero-order chi connectivity index (χ0) is 16.4. The van der Waals surface area contributed by atoms with Crippen LogP contribution in [0.1, 0.15) is 44.2 Å². The largest absolute Gasteiger partial charge is 0.459 e. The summed E-state index contributed by atoms with van der Waals surface area (Å²) in [5, 5.41) is 5.91. The van der Waals surface area contributed by atoms with E-state index in [1.165, 1.54) is 0 Å². The van der Waals surface area contributed by atoms with Gasteiger partial charge in [-0.05, 0) is 44.2 Å². The van der Waals surface area contributed by atoms with Crippen LogP contribution in [-0.2, 0) is 9.53 Å². The first kappa shape index (κ1) is 15.9. The molecule has 1 saturated carbocycles. The van der Waals surface area contributed by atoms with Gasteiger partial charge < -0.3 is 15.4 Å². The van der Waals surface area contributed by atoms with Crippen molar-refractivity contribution in [1.29, 1.82) is 0 Å². The van der Waals surface area contributed by atoms with Gasteiger partial charge in [0, 0.05) is 10.7 Å². The molecule has 2 aliphatic rings. The second-order valence-corrected chi connectivity index (χ2v) is 6.31. The highest BCUT2D eigenvalue weighted by Gasteiger charge is 2.34. The van der Waals surface area contributed by atoms with Crippen LogP contribution in [-0.4, -0.2) is 18.1 Å². The summed E-state index contributed by atoms with van der Waals surface area (Å²) in [6.07, 6.45) is 3.92. The third-order valence-electron chi connectivity index (χ3n) is 4.28. The molecule has 0 aromatic heterocycles. The Morgan fingerprint density at radius 2 is 1.96 bits per heavy atom. The molecule has 1 atom stereocenters. The molecule has 0 radical (unpaired) electrons. The lowest BCUT2D eigenvalue weighted by Crippen LogP contribution is -2.45. The first-order valence-corrected chi connectivity index (χ1v) is 8.17. The van der Waals surface area contributed by atoms with Crippen molar-refractivity contribution in [3.05, 3.63) is 46.1 Å². The van der Waals surface area contributed by atoms with Crippen molar-refractivity contribution >= 4 is 23.6 Å². The molecule has 1 aliphatic heterocycles. The van der Waals surface area contributed by atoms with Crippen LogP contribution in [0.15, 0.2) is 35.5 Å². The van der Waals surface area contributed by atoms with Gasteiger partial charge in [-0.25, -0.2) is 9.59 Å². The Bertz CT molecular complexity index is 666. The summed E-state index contributed by atoms with van der Waals surface area (Å²) in [7, 11) is 0. The number of rotatable bonds is 3. The van der Waals surface area contributed by atoms with E-state index < -0.39 is 12.0 Å². The average Bonchev–Trinajstić information content (AvgIpc) is 2.99. The third-order valence-corrected chi connectivity index (χ3v) is 4.63. The molecule has 23 heavy (non-hydrogen) atoms. The van der Waals surface area contributed by atoms with Gasteiger partial charge in [0.05, 0.1) is 11.6 Å². The van der Waals surface area contributed by atoms with Crippen molar-refractivity contribution in [2.45, 2.75) is 44.8 Å². The van der Waals surface area contributed by atoms with Crippen LogP contribution in [0.3, 0.4) is 0 Å². The van der Waals surface area contributed by atoms with E-state index in [0.717, 1.165) is 25.7 Å². The molecule has 0 bridgehead atoms. The predicted octanol–water partition coefficient (Wildman–Crippen LogP) is 3.45. The van der Waals surface area contributed by atoms with E-state index in [1.54, 1.807) is 19.1 Å². The van der Waals surface area contributed by atoms with Crippen molar-refractivity contribution in [2.75, 3.05) is 0 Å². The summed E-state index contributed by atoms with van der Waals surface area (Å²) in [6.45, 7) is 1.70. The topological polar surface area (TPSA) is 67.4 Å². The van der Waals surface area contributed by atoms with Gasteiger partial charge in [-0.15, -0.1) is 0 Å². The van der Waals surface area contributed by atoms with Crippen LogP contribution < -0.4 is 10.6 Å². The summed E-state index contributed by atoms with van der Waals surface area (Å²) >= 11 is 6.25. The van der Waals surface area contributed by atoms with Gasteiger partial charge in [0.1, 0.15) is 6.10 Å². The maximum absolute atomic E-state index is 12.7. The minimum absolute atomic E-state index is 0.0349. The molecule has 6 heteroatoms. The fourth-order valence-corrected chi connectivity index (χ4v) is 3.37. The van der Waals surface area contributed by atoms with Gasteiger partial charge in [-0.3, -0.25) is 0 Å². The molecule has 3 rings (SSSR count). The standard InChI is InChI=1S/C17H19ClN2O3/c1-10-14(16(21)23-11-6-2-3-7-11)15(20-17(22)19-10)12-8-4-5-9-13(12)18/h4-5,8-9,11,15H,2-3,6-7H2,1H3,(H2,19,20,22)/t15-/m1/s1. The van der Waals surface area contributed by atoms with E-state index in [-0.39, 0.29) is 12.1 Å². The van der Waals surface area contributed by atoms with Crippen LogP contribution in [0.4, 0.5) is 4.79 Å². The lowest BCUT2D eigenvalue weighted by Gasteiger charge is -2.29. The predicted molar refractivity (Wildman–Crippen MR) is 86.9 cm³/mol. The molecule has 1 fully saturated rings.